The number of fused-ring (bicyclic) bond motifs is 5. The Bertz CT molecular complexity index is 2620. The van der Waals surface area contributed by atoms with Gasteiger partial charge in [-0.05, 0) is 64.5 Å². The van der Waals surface area contributed by atoms with Gasteiger partial charge in [0.2, 0.25) is 41.0 Å². The molecule has 5 heterocycles. The Morgan fingerprint density at radius 2 is 1.60 bits per heavy atom. The number of aromatic nitrogens is 2. The molecule has 3 atom stereocenters. The number of nitrogens with two attached hydrogens (primary N) is 1. The normalized spacial score (nSPS) is 17.4. The lowest BCUT2D eigenvalue weighted by Gasteiger charge is -2.36. The third kappa shape index (κ3) is 13.0. The number of rotatable bonds is 24. The average molecular weight is 1000 g/mol. The van der Waals surface area contributed by atoms with Gasteiger partial charge in [-0.2, -0.15) is 0 Å². The highest BCUT2D eigenvalue weighted by molar-refractivity contribution is 5.94. The first-order valence-corrected chi connectivity index (χ1v) is 24.7. The molecule has 1 fully saturated rings. The zero-order valence-corrected chi connectivity index (χ0v) is 42.2. The second kappa shape index (κ2) is 24.6. The predicted octanol–water partition coefficient (Wildman–Crippen LogP) is -0.654. The number of nitrogens with zero attached hydrogens (tertiary/aromatic N) is 6. The van der Waals surface area contributed by atoms with Crippen molar-refractivity contribution in [1.82, 2.24) is 50.4 Å². The predicted molar refractivity (Wildman–Crippen MR) is 265 cm³/mol. The number of carbonyl (C=O) groups excluding carboxylic acids is 8. The van der Waals surface area contributed by atoms with Gasteiger partial charge < -0.3 is 55.7 Å². The fourth-order valence-electron chi connectivity index (χ4n) is 9.44. The van der Waals surface area contributed by atoms with Gasteiger partial charge in [-0.25, -0.2) is 9.78 Å². The Morgan fingerprint density at radius 3 is 2.29 bits per heavy atom. The van der Waals surface area contributed by atoms with Crippen LogP contribution in [0.1, 0.15) is 75.1 Å². The second-order valence-electron chi connectivity index (χ2n) is 18.8. The number of benzene rings is 1. The Kier molecular flexibility index (Phi) is 18.6. The molecule has 390 valence electrons. The number of para-hydroxylation sites is 1. The van der Waals surface area contributed by atoms with Crippen LogP contribution in [0, 0.1) is 5.92 Å². The van der Waals surface area contributed by atoms with Crippen LogP contribution in [0.25, 0.3) is 22.3 Å². The fourth-order valence-corrected chi connectivity index (χ4v) is 9.44. The van der Waals surface area contributed by atoms with Crippen LogP contribution in [0.15, 0.2) is 35.1 Å². The van der Waals surface area contributed by atoms with Crippen molar-refractivity contribution in [3.05, 3.63) is 62.9 Å². The molecule has 6 rings (SSSR count). The molecule has 0 bridgehead atoms. The number of carbonyl (C=O) groups is 8. The number of likely N-dealkylation sites (N-methyl/N-ethyl adjacent to an activating group) is 3. The van der Waals surface area contributed by atoms with E-state index in [-0.39, 0.29) is 74.3 Å². The van der Waals surface area contributed by atoms with Crippen LogP contribution in [-0.4, -0.2) is 176 Å². The first-order valence-electron chi connectivity index (χ1n) is 24.7. The average Bonchev–Trinajstić information content (AvgIpc) is 3.73. The van der Waals surface area contributed by atoms with Crippen molar-refractivity contribution in [2.45, 2.75) is 84.1 Å². The summed E-state index contributed by atoms with van der Waals surface area (Å²) >= 11 is 0. The maximum absolute atomic E-state index is 14.1. The summed E-state index contributed by atoms with van der Waals surface area (Å²) in [5, 5.41) is 11.6. The van der Waals surface area contributed by atoms with Gasteiger partial charge in [-0.3, -0.25) is 43.3 Å². The van der Waals surface area contributed by atoms with Crippen molar-refractivity contribution in [3.63, 3.8) is 0 Å². The quantitative estimate of drug-likeness (QED) is 0.0546. The molecule has 0 unspecified atom stereocenters. The molecule has 0 saturated carbocycles. The number of hydrogen-bond donors (Lipinski definition) is 5. The monoisotopic (exact) mass is 1000 g/mol. The first-order chi connectivity index (χ1) is 34.4. The van der Waals surface area contributed by atoms with Crippen LogP contribution in [0.4, 0.5) is 0 Å². The van der Waals surface area contributed by atoms with E-state index in [0.717, 1.165) is 28.6 Å². The number of piperidine rings is 1. The zero-order chi connectivity index (χ0) is 52.3. The van der Waals surface area contributed by atoms with E-state index in [1.165, 1.54) is 4.90 Å². The van der Waals surface area contributed by atoms with Gasteiger partial charge in [-0.15, -0.1) is 0 Å². The van der Waals surface area contributed by atoms with Gasteiger partial charge >= 0.3 is 11.9 Å². The Balaban J connectivity index is 0.992. The van der Waals surface area contributed by atoms with Crippen LogP contribution >= 0.6 is 0 Å². The molecule has 0 aliphatic carbocycles. The molecular formula is C50H69N11O11. The minimum atomic E-state index is -1.98. The minimum Gasteiger partial charge on any atom is -0.457 e. The molecule has 6 N–H and O–H groups in total. The zero-order valence-electron chi connectivity index (χ0n) is 42.2. The maximum atomic E-state index is 14.1. The number of cyclic esters (lactones) is 1. The van der Waals surface area contributed by atoms with E-state index in [0.29, 0.717) is 69.8 Å². The SMILES string of the molecule is CCC(=O)NCC(=O)NCCN(C)CCN(C)CCN(C)CC(=O)N[C@@H](CC(N)=O)C(=O)N1CCC[C@@H](C(=O)NCC(=O)O[C@]2(CC)C(=O)OCc3c2cc2n(c3=O)Cc3c-2nc2ccccc2c3CC)C1. The third-order valence-corrected chi connectivity index (χ3v) is 13.6. The fraction of sp³-hybridized carbons (Fsp3) is 0.560. The molecule has 6 amide bonds. The summed E-state index contributed by atoms with van der Waals surface area (Å²) in [5.74, 6) is -5.40. The van der Waals surface area contributed by atoms with E-state index in [4.69, 9.17) is 20.2 Å². The summed E-state index contributed by atoms with van der Waals surface area (Å²) in [7, 11) is 5.64. The van der Waals surface area contributed by atoms with Crippen molar-refractivity contribution < 1.29 is 47.8 Å². The summed E-state index contributed by atoms with van der Waals surface area (Å²) in [5.41, 5.74) is 7.41. The first kappa shape index (κ1) is 54.6. The summed E-state index contributed by atoms with van der Waals surface area (Å²) < 4.78 is 13.0. The number of pyridine rings is 2. The van der Waals surface area contributed by atoms with Crippen molar-refractivity contribution in [1.29, 1.82) is 0 Å². The largest absolute Gasteiger partial charge is 0.457 e. The summed E-state index contributed by atoms with van der Waals surface area (Å²) in [6, 6.07) is 8.17. The standard InChI is InChI=1S/C50H69N11O11/c1-7-32-33-14-10-11-15-37(33)56-45-34(32)28-61-39(45)23-36-35(47(61)68)30-71-49(70)50(36,9-3)72-44(66)26-54-46(67)31-13-12-17-60(27-31)48(69)38(24-40(51)62)55-43(65)29-59(6)22-21-58(5)20-19-57(4)18-16-52-42(64)25-53-41(63)8-2/h10-11,14-15,23,31,38H,7-9,12-13,16-22,24-30H2,1-6H3,(H2,51,62)(H,52,64)(H,53,63)(H,54,67)(H,55,65)/t31-,38+,50+/m1/s1. The number of amides is 6. The van der Waals surface area contributed by atoms with Gasteiger partial charge in [0.1, 0.15) is 19.2 Å². The molecule has 3 aromatic rings. The van der Waals surface area contributed by atoms with Crippen LogP contribution in [0.5, 0.6) is 0 Å². The highest BCUT2D eigenvalue weighted by atomic mass is 16.6. The van der Waals surface area contributed by atoms with Gasteiger partial charge in [0.05, 0.1) is 54.4 Å². The van der Waals surface area contributed by atoms with E-state index in [1.807, 2.05) is 45.3 Å². The van der Waals surface area contributed by atoms with Crippen molar-refractivity contribution >= 4 is 58.3 Å². The smallest absolute Gasteiger partial charge is 0.355 e. The molecule has 2 aromatic heterocycles. The van der Waals surface area contributed by atoms with E-state index in [9.17, 15) is 43.2 Å². The Morgan fingerprint density at radius 1 is 0.889 bits per heavy atom. The highest BCUT2D eigenvalue weighted by Crippen LogP contribution is 2.42. The number of esters is 2. The van der Waals surface area contributed by atoms with Gasteiger partial charge in [-0.1, -0.05) is 39.0 Å². The van der Waals surface area contributed by atoms with Crippen molar-refractivity contribution in [2.24, 2.45) is 11.7 Å². The molecule has 0 radical (unpaired) electrons. The molecule has 72 heavy (non-hydrogen) atoms. The van der Waals surface area contributed by atoms with E-state index >= 15 is 0 Å². The van der Waals surface area contributed by atoms with E-state index in [2.05, 4.69) is 31.1 Å². The lowest BCUT2D eigenvalue weighted by atomic mass is 9.85. The maximum Gasteiger partial charge on any atom is 0.355 e. The molecular weight excluding hydrogens is 931 g/mol. The van der Waals surface area contributed by atoms with Crippen LogP contribution in [0.3, 0.4) is 0 Å². The number of hydrogen-bond acceptors (Lipinski definition) is 15. The molecule has 22 nitrogen and oxygen atoms in total. The topological polar surface area (TPSA) is 277 Å². The second-order valence-corrected chi connectivity index (χ2v) is 18.8. The van der Waals surface area contributed by atoms with Crippen molar-refractivity contribution in [2.75, 3.05) is 93.1 Å². The van der Waals surface area contributed by atoms with Crippen LogP contribution < -0.4 is 32.6 Å². The number of nitrogens with one attached hydrogen (secondary N) is 4. The number of primary amides is 1. The molecule has 22 heteroatoms. The van der Waals surface area contributed by atoms with Crippen molar-refractivity contribution in [3.8, 4) is 11.4 Å². The van der Waals surface area contributed by atoms with E-state index in [1.54, 1.807) is 36.4 Å². The highest BCUT2D eigenvalue weighted by Gasteiger charge is 2.50. The van der Waals surface area contributed by atoms with Crippen LogP contribution in [0.2, 0.25) is 0 Å². The summed E-state index contributed by atoms with van der Waals surface area (Å²) in [4.78, 5) is 130. The lowest BCUT2D eigenvalue weighted by molar-refractivity contribution is -0.189. The number of likely N-dealkylation sites (tertiary alicyclic amines) is 1. The Labute approximate surface area is 418 Å². The lowest BCUT2D eigenvalue weighted by Crippen LogP contribution is -2.55. The molecule has 1 aromatic carbocycles. The minimum absolute atomic E-state index is 0.0572. The van der Waals surface area contributed by atoms with Gasteiger partial charge in [0.15, 0.2) is 0 Å². The number of aryl methyl sites for hydroxylation is 1. The van der Waals surface area contributed by atoms with E-state index < -0.39 is 66.1 Å². The molecule has 3 aliphatic rings. The molecule has 0 spiro atoms. The Hall–Kier alpha value is -6.78. The summed E-state index contributed by atoms with van der Waals surface area (Å²) in [6.07, 6.45) is 1.30. The number of ether oxygens (including phenoxy) is 2. The molecule has 3 aliphatic heterocycles. The van der Waals surface area contributed by atoms with Crippen LogP contribution in [-0.2, 0) is 73.0 Å². The van der Waals surface area contributed by atoms with Gasteiger partial charge in [0.25, 0.3) is 5.56 Å². The summed E-state index contributed by atoms with van der Waals surface area (Å²) in [6.45, 7) is 8.45. The third-order valence-electron chi connectivity index (χ3n) is 13.6. The molecule has 1 saturated heterocycles. The van der Waals surface area contributed by atoms with Gasteiger partial charge in [0, 0.05) is 75.3 Å².